The molecular weight excluding hydrogens is 501 g/mol. The zero-order valence-corrected chi connectivity index (χ0v) is 25.3. The zero-order chi connectivity index (χ0) is 27.6. The number of hydrogen-bond acceptors (Lipinski definition) is 4. The minimum Gasteiger partial charge on any atom is -0.463 e. The van der Waals surface area contributed by atoms with E-state index in [2.05, 4.69) is 113 Å². The fourth-order valence-corrected chi connectivity index (χ4v) is 6.78. The highest BCUT2D eigenvalue weighted by molar-refractivity contribution is 6.89. The summed E-state index contributed by atoms with van der Waals surface area (Å²) in [5.74, 6) is 0.786. The van der Waals surface area contributed by atoms with Crippen LogP contribution in [0.15, 0.2) is 60.7 Å². The molecule has 1 atom stereocenters. The molecule has 2 saturated heterocycles. The van der Waals surface area contributed by atoms with E-state index >= 15 is 0 Å². The Balaban J connectivity index is 1.66. The first kappa shape index (κ1) is 26.6. The molecular formula is C32H40BNO4Si. The van der Waals surface area contributed by atoms with Crippen molar-refractivity contribution >= 4 is 47.6 Å². The number of nitrogens with zero attached hydrogens (tertiary/aromatic N) is 1. The van der Waals surface area contributed by atoms with Crippen molar-refractivity contribution in [1.29, 1.82) is 0 Å². The lowest BCUT2D eigenvalue weighted by Crippen LogP contribution is -2.45. The Bertz CT molecular complexity index is 1460. The SMILES string of the molecule is CC1(C)OB(c2cc([Si](C)(C)C)cc(-n3c4ccccc4c4ccccc43)c2OC2CCCCO2)OC1(C)C. The molecule has 7 heteroatoms. The summed E-state index contributed by atoms with van der Waals surface area (Å²) in [5.41, 5.74) is 3.35. The van der Waals surface area contributed by atoms with Gasteiger partial charge in [-0.3, -0.25) is 0 Å². The Hall–Kier alpha value is -2.58. The molecule has 0 bridgehead atoms. The van der Waals surface area contributed by atoms with Crippen LogP contribution in [-0.2, 0) is 14.0 Å². The van der Waals surface area contributed by atoms with Gasteiger partial charge >= 0.3 is 7.12 Å². The molecule has 0 spiro atoms. The van der Waals surface area contributed by atoms with E-state index in [0.717, 1.165) is 47.2 Å². The van der Waals surface area contributed by atoms with Crippen LogP contribution in [0, 0.1) is 0 Å². The number of ether oxygens (including phenoxy) is 2. The lowest BCUT2D eigenvalue weighted by molar-refractivity contribution is -0.105. The van der Waals surface area contributed by atoms with E-state index in [0.29, 0.717) is 6.61 Å². The summed E-state index contributed by atoms with van der Waals surface area (Å²) < 4.78 is 28.7. The van der Waals surface area contributed by atoms with Gasteiger partial charge in [-0.1, -0.05) is 67.3 Å². The Labute approximate surface area is 233 Å². The molecule has 204 valence electrons. The van der Waals surface area contributed by atoms with Gasteiger partial charge in [0.15, 0.2) is 6.29 Å². The first-order valence-corrected chi connectivity index (χ1v) is 17.8. The Morgan fingerprint density at radius 1 is 0.846 bits per heavy atom. The molecule has 0 amide bonds. The summed E-state index contributed by atoms with van der Waals surface area (Å²) in [7, 11) is -2.30. The lowest BCUT2D eigenvalue weighted by Gasteiger charge is -2.32. The molecule has 3 heterocycles. The highest BCUT2D eigenvalue weighted by Crippen LogP contribution is 2.40. The molecule has 5 nitrogen and oxygen atoms in total. The molecule has 0 saturated carbocycles. The Morgan fingerprint density at radius 3 is 1.97 bits per heavy atom. The maximum absolute atomic E-state index is 6.87. The van der Waals surface area contributed by atoms with E-state index in [-0.39, 0.29) is 6.29 Å². The van der Waals surface area contributed by atoms with Crippen molar-refractivity contribution < 1.29 is 18.8 Å². The van der Waals surface area contributed by atoms with E-state index in [4.69, 9.17) is 18.8 Å². The van der Waals surface area contributed by atoms with Crippen molar-refractivity contribution in [2.75, 3.05) is 6.61 Å². The van der Waals surface area contributed by atoms with Crippen molar-refractivity contribution in [3.8, 4) is 11.4 Å². The van der Waals surface area contributed by atoms with Crippen molar-refractivity contribution in [1.82, 2.24) is 4.57 Å². The van der Waals surface area contributed by atoms with Crippen molar-refractivity contribution in [3.63, 3.8) is 0 Å². The summed E-state index contributed by atoms with van der Waals surface area (Å²) in [4.78, 5) is 0. The molecule has 0 radical (unpaired) electrons. The number of para-hydroxylation sites is 2. The summed E-state index contributed by atoms with van der Waals surface area (Å²) >= 11 is 0. The van der Waals surface area contributed by atoms with E-state index in [9.17, 15) is 0 Å². The van der Waals surface area contributed by atoms with Gasteiger partial charge in [0.1, 0.15) is 5.75 Å². The minimum atomic E-state index is -1.75. The van der Waals surface area contributed by atoms with Gasteiger partial charge in [0.2, 0.25) is 0 Å². The third-order valence-corrected chi connectivity index (χ3v) is 10.7. The number of hydrogen-bond donors (Lipinski definition) is 0. The molecule has 1 aromatic heterocycles. The van der Waals surface area contributed by atoms with Crippen LogP contribution in [0.4, 0.5) is 0 Å². The van der Waals surface area contributed by atoms with Crippen LogP contribution in [0.2, 0.25) is 19.6 Å². The van der Waals surface area contributed by atoms with E-state index in [1.807, 2.05) is 0 Å². The predicted molar refractivity (Wildman–Crippen MR) is 164 cm³/mol. The summed E-state index contributed by atoms with van der Waals surface area (Å²) in [5, 5.41) is 3.79. The van der Waals surface area contributed by atoms with Gasteiger partial charge in [0.25, 0.3) is 0 Å². The number of rotatable bonds is 5. The van der Waals surface area contributed by atoms with Gasteiger partial charge in [-0.05, 0) is 58.7 Å². The van der Waals surface area contributed by atoms with Crippen LogP contribution in [0.5, 0.6) is 5.75 Å². The second-order valence-corrected chi connectivity index (χ2v) is 18.1. The van der Waals surface area contributed by atoms with Crippen molar-refractivity contribution in [2.24, 2.45) is 0 Å². The Morgan fingerprint density at radius 2 is 1.44 bits per heavy atom. The fourth-order valence-electron chi connectivity index (χ4n) is 5.63. The quantitative estimate of drug-likeness (QED) is 0.269. The van der Waals surface area contributed by atoms with Gasteiger partial charge in [0, 0.05) is 22.7 Å². The van der Waals surface area contributed by atoms with E-state index in [1.54, 1.807) is 0 Å². The molecule has 2 fully saturated rings. The van der Waals surface area contributed by atoms with Crippen LogP contribution in [-0.4, -0.2) is 43.9 Å². The monoisotopic (exact) mass is 541 g/mol. The predicted octanol–water partition coefficient (Wildman–Crippen LogP) is 6.53. The van der Waals surface area contributed by atoms with Gasteiger partial charge in [0.05, 0.1) is 42.6 Å². The molecule has 2 aliphatic heterocycles. The fraction of sp³-hybridized carbons (Fsp3) is 0.438. The molecule has 39 heavy (non-hydrogen) atoms. The van der Waals surface area contributed by atoms with E-state index < -0.39 is 26.4 Å². The standard InChI is InChI=1S/C32H40BNO4Si/c1-31(2)32(3,4)38-33(37-31)25-20-22(39(5,6)7)21-28(30(25)36-29-18-12-13-19-35-29)34-26-16-10-8-14-23(26)24-15-9-11-17-27(24)34/h8-11,14-17,20-21,29H,12-13,18-19H2,1-7H3. The number of aromatic nitrogens is 1. The highest BCUT2D eigenvalue weighted by atomic mass is 28.3. The molecule has 0 N–H and O–H groups in total. The first-order valence-electron chi connectivity index (χ1n) is 14.3. The zero-order valence-electron chi connectivity index (χ0n) is 24.3. The number of fused-ring (bicyclic) bond motifs is 3. The first-order chi connectivity index (χ1) is 18.5. The average molecular weight is 542 g/mol. The maximum atomic E-state index is 6.87. The molecule has 4 aromatic rings. The summed E-state index contributed by atoms with van der Waals surface area (Å²) in [6.07, 6.45) is 2.72. The van der Waals surface area contributed by atoms with Crippen molar-refractivity contribution in [2.45, 2.75) is 84.1 Å². The van der Waals surface area contributed by atoms with Crippen LogP contribution < -0.4 is 15.4 Å². The van der Waals surface area contributed by atoms with Crippen LogP contribution in [0.25, 0.3) is 27.5 Å². The van der Waals surface area contributed by atoms with Gasteiger partial charge in [-0.25, -0.2) is 0 Å². The molecule has 6 rings (SSSR count). The van der Waals surface area contributed by atoms with Crippen molar-refractivity contribution in [3.05, 3.63) is 60.7 Å². The third-order valence-electron chi connectivity index (χ3n) is 8.68. The Kier molecular flexibility index (Phi) is 6.50. The lowest BCUT2D eigenvalue weighted by atomic mass is 9.78. The molecule has 0 aliphatic carbocycles. The molecule has 3 aromatic carbocycles. The second-order valence-electron chi connectivity index (χ2n) is 13.0. The maximum Gasteiger partial charge on any atom is 0.498 e. The molecule has 2 aliphatic rings. The normalized spacial score (nSPS) is 21.1. The average Bonchev–Trinajstić information content (AvgIpc) is 3.33. The highest BCUT2D eigenvalue weighted by Gasteiger charge is 2.53. The van der Waals surface area contributed by atoms with Crippen LogP contribution in [0.3, 0.4) is 0 Å². The van der Waals surface area contributed by atoms with Crippen LogP contribution in [0.1, 0.15) is 47.0 Å². The van der Waals surface area contributed by atoms with Gasteiger partial charge < -0.3 is 23.3 Å². The smallest absolute Gasteiger partial charge is 0.463 e. The summed E-state index contributed by atoms with van der Waals surface area (Å²) in [6.45, 7) is 16.3. The van der Waals surface area contributed by atoms with Gasteiger partial charge in [-0.15, -0.1) is 0 Å². The third kappa shape index (κ3) is 4.63. The van der Waals surface area contributed by atoms with Crippen LogP contribution >= 0.6 is 0 Å². The van der Waals surface area contributed by atoms with Gasteiger partial charge in [-0.2, -0.15) is 0 Å². The number of benzene rings is 3. The topological polar surface area (TPSA) is 41.9 Å². The summed E-state index contributed by atoms with van der Waals surface area (Å²) in [6, 6.07) is 21.9. The largest absolute Gasteiger partial charge is 0.498 e. The second kappa shape index (κ2) is 9.51. The van der Waals surface area contributed by atoms with E-state index in [1.165, 1.54) is 16.0 Å². The molecule has 1 unspecified atom stereocenters. The minimum absolute atomic E-state index is 0.301.